The van der Waals surface area contributed by atoms with Crippen LogP contribution in [0.15, 0.2) is 30.3 Å². The number of carbonyl (C=O) groups excluding carboxylic acids is 2. The van der Waals surface area contributed by atoms with Crippen molar-refractivity contribution in [2.24, 2.45) is 0 Å². The van der Waals surface area contributed by atoms with Gasteiger partial charge in [0.05, 0.1) is 6.42 Å². The third kappa shape index (κ3) is 3.92. The van der Waals surface area contributed by atoms with Crippen molar-refractivity contribution in [2.75, 3.05) is 26.2 Å². The molecule has 0 spiro atoms. The lowest BCUT2D eigenvalue weighted by atomic mass is 10.1. The van der Waals surface area contributed by atoms with Gasteiger partial charge in [0.1, 0.15) is 0 Å². The molecular formula is C20H25N3O2. The second kappa shape index (κ2) is 7.13. The molecule has 0 radical (unpaired) electrons. The molecule has 1 saturated heterocycles. The van der Waals surface area contributed by atoms with Crippen LogP contribution >= 0.6 is 0 Å². The van der Waals surface area contributed by atoms with Crippen LogP contribution in [-0.4, -0.2) is 52.8 Å². The second-order valence-corrected chi connectivity index (χ2v) is 6.82. The molecule has 2 amide bonds. The molecule has 2 heterocycles. The number of benzene rings is 1. The number of nitrogens with one attached hydrogen (secondary N) is 1. The van der Waals surface area contributed by atoms with Crippen molar-refractivity contribution in [3.8, 4) is 0 Å². The lowest BCUT2D eigenvalue weighted by Gasteiger charge is -2.35. The van der Waals surface area contributed by atoms with Crippen molar-refractivity contribution < 1.29 is 9.59 Å². The Morgan fingerprint density at radius 2 is 1.68 bits per heavy atom. The minimum absolute atomic E-state index is 0.0490. The van der Waals surface area contributed by atoms with Gasteiger partial charge in [0.2, 0.25) is 5.91 Å². The molecule has 1 N–H and O–H groups in total. The number of H-pyrrole nitrogens is 1. The lowest BCUT2D eigenvalue weighted by Crippen LogP contribution is -2.51. The van der Waals surface area contributed by atoms with Crippen molar-refractivity contribution in [2.45, 2.75) is 27.2 Å². The first kappa shape index (κ1) is 17.3. The third-order valence-corrected chi connectivity index (χ3v) is 4.78. The molecule has 1 aliphatic rings. The van der Waals surface area contributed by atoms with E-state index >= 15 is 0 Å². The minimum atomic E-state index is 0.0490. The van der Waals surface area contributed by atoms with Gasteiger partial charge in [0, 0.05) is 43.1 Å². The first-order valence-electron chi connectivity index (χ1n) is 8.73. The summed E-state index contributed by atoms with van der Waals surface area (Å²) in [5.41, 5.74) is 4.99. The standard InChI is InChI=1S/C20H25N3O2/c1-14-5-4-6-17(11-14)20(25)23-9-7-22(8-10-23)19(24)13-18-12-15(2)21-16(18)3/h4-6,11-12,21H,7-10,13H2,1-3H3. The Morgan fingerprint density at radius 3 is 2.28 bits per heavy atom. The van der Waals surface area contributed by atoms with Crippen molar-refractivity contribution in [1.29, 1.82) is 0 Å². The number of piperazine rings is 1. The highest BCUT2D eigenvalue weighted by Crippen LogP contribution is 2.14. The smallest absolute Gasteiger partial charge is 0.253 e. The van der Waals surface area contributed by atoms with Gasteiger partial charge in [-0.1, -0.05) is 17.7 Å². The van der Waals surface area contributed by atoms with Gasteiger partial charge < -0.3 is 14.8 Å². The van der Waals surface area contributed by atoms with Crippen LogP contribution in [0.1, 0.15) is 32.9 Å². The molecule has 0 atom stereocenters. The summed E-state index contributed by atoms with van der Waals surface area (Å²) in [4.78, 5) is 32.1. The molecule has 1 aliphatic heterocycles. The molecule has 0 aliphatic carbocycles. The Morgan fingerprint density at radius 1 is 1.00 bits per heavy atom. The summed E-state index contributed by atoms with van der Waals surface area (Å²) in [5, 5.41) is 0. The molecule has 5 heteroatoms. The van der Waals surface area contributed by atoms with E-state index in [0.29, 0.717) is 32.6 Å². The molecule has 1 fully saturated rings. The van der Waals surface area contributed by atoms with Gasteiger partial charge >= 0.3 is 0 Å². The molecule has 0 unspecified atom stereocenters. The molecule has 5 nitrogen and oxygen atoms in total. The summed E-state index contributed by atoms with van der Waals surface area (Å²) < 4.78 is 0. The van der Waals surface area contributed by atoms with E-state index in [1.807, 2.05) is 60.9 Å². The Bertz CT molecular complexity index is 786. The van der Waals surface area contributed by atoms with Crippen LogP contribution in [-0.2, 0) is 11.2 Å². The highest BCUT2D eigenvalue weighted by molar-refractivity contribution is 5.94. The van der Waals surface area contributed by atoms with Crippen molar-refractivity contribution >= 4 is 11.8 Å². The molecule has 3 rings (SSSR count). The van der Waals surface area contributed by atoms with E-state index in [2.05, 4.69) is 4.98 Å². The van der Waals surface area contributed by atoms with Gasteiger partial charge in [0.25, 0.3) is 5.91 Å². The summed E-state index contributed by atoms with van der Waals surface area (Å²) in [6.07, 6.45) is 0.419. The van der Waals surface area contributed by atoms with Crippen LogP contribution in [0.2, 0.25) is 0 Å². The number of hydrogen-bond acceptors (Lipinski definition) is 2. The molecular weight excluding hydrogens is 314 g/mol. The largest absolute Gasteiger partial charge is 0.362 e. The maximum atomic E-state index is 12.6. The van der Waals surface area contributed by atoms with Gasteiger partial charge in [0.15, 0.2) is 0 Å². The average molecular weight is 339 g/mol. The topological polar surface area (TPSA) is 56.4 Å². The summed E-state index contributed by atoms with van der Waals surface area (Å²) in [6, 6.07) is 9.69. The van der Waals surface area contributed by atoms with Gasteiger partial charge in [-0.3, -0.25) is 9.59 Å². The summed E-state index contributed by atoms with van der Waals surface area (Å²) >= 11 is 0. The summed E-state index contributed by atoms with van der Waals surface area (Å²) in [5.74, 6) is 0.178. The zero-order valence-electron chi connectivity index (χ0n) is 15.1. The number of amides is 2. The highest BCUT2D eigenvalue weighted by atomic mass is 16.2. The van der Waals surface area contributed by atoms with Gasteiger partial charge in [-0.2, -0.15) is 0 Å². The van der Waals surface area contributed by atoms with Gasteiger partial charge in [-0.15, -0.1) is 0 Å². The monoisotopic (exact) mass is 339 g/mol. The van der Waals surface area contributed by atoms with Crippen LogP contribution in [0.5, 0.6) is 0 Å². The van der Waals surface area contributed by atoms with E-state index in [1.165, 1.54) is 0 Å². The molecule has 0 bridgehead atoms. The van der Waals surface area contributed by atoms with Crippen molar-refractivity contribution in [3.63, 3.8) is 0 Å². The molecule has 25 heavy (non-hydrogen) atoms. The normalized spacial score (nSPS) is 14.7. The van der Waals surface area contributed by atoms with Crippen LogP contribution in [0.25, 0.3) is 0 Å². The van der Waals surface area contributed by atoms with Crippen LogP contribution in [0.4, 0.5) is 0 Å². The number of aromatic amines is 1. The Kier molecular flexibility index (Phi) is 4.93. The Labute approximate surface area is 148 Å². The zero-order valence-corrected chi connectivity index (χ0v) is 15.1. The molecule has 0 saturated carbocycles. The number of nitrogens with zero attached hydrogens (tertiary/aromatic N) is 2. The van der Waals surface area contributed by atoms with E-state index in [1.54, 1.807) is 0 Å². The zero-order chi connectivity index (χ0) is 18.0. The maximum absolute atomic E-state index is 12.6. The number of rotatable bonds is 3. The maximum Gasteiger partial charge on any atom is 0.253 e. The Hall–Kier alpha value is -2.56. The average Bonchev–Trinajstić information content (AvgIpc) is 2.91. The van der Waals surface area contributed by atoms with E-state index < -0.39 is 0 Å². The Balaban J connectivity index is 1.57. The minimum Gasteiger partial charge on any atom is -0.362 e. The van der Waals surface area contributed by atoms with Crippen LogP contribution in [0.3, 0.4) is 0 Å². The van der Waals surface area contributed by atoms with Crippen molar-refractivity contribution in [1.82, 2.24) is 14.8 Å². The fourth-order valence-electron chi connectivity index (χ4n) is 3.36. The summed E-state index contributed by atoms with van der Waals surface area (Å²) in [7, 11) is 0. The van der Waals surface area contributed by atoms with E-state index in [9.17, 15) is 9.59 Å². The molecule has 1 aromatic heterocycles. The van der Waals surface area contributed by atoms with Gasteiger partial charge in [-0.25, -0.2) is 0 Å². The number of carbonyl (C=O) groups is 2. The quantitative estimate of drug-likeness (QED) is 0.934. The first-order chi connectivity index (χ1) is 11.9. The fraction of sp³-hybridized carbons (Fsp3) is 0.400. The fourth-order valence-corrected chi connectivity index (χ4v) is 3.36. The molecule has 132 valence electrons. The number of aryl methyl sites for hydroxylation is 3. The molecule has 2 aromatic rings. The predicted molar refractivity (Wildman–Crippen MR) is 97.6 cm³/mol. The van der Waals surface area contributed by atoms with E-state index in [0.717, 1.165) is 28.1 Å². The predicted octanol–water partition coefficient (Wildman–Crippen LogP) is 2.47. The first-order valence-corrected chi connectivity index (χ1v) is 8.73. The highest BCUT2D eigenvalue weighted by Gasteiger charge is 2.25. The van der Waals surface area contributed by atoms with E-state index in [4.69, 9.17) is 0 Å². The molecule has 1 aromatic carbocycles. The number of aromatic nitrogens is 1. The van der Waals surface area contributed by atoms with Crippen LogP contribution in [0, 0.1) is 20.8 Å². The van der Waals surface area contributed by atoms with Crippen LogP contribution < -0.4 is 0 Å². The van der Waals surface area contributed by atoms with E-state index in [-0.39, 0.29) is 11.8 Å². The van der Waals surface area contributed by atoms with Gasteiger partial charge in [-0.05, 0) is 44.5 Å². The second-order valence-electron chi connectivity index (χ2n) is 6.82. The SMILES string of the molecule is Cc1cccc(C(=O)N2CCN(C(=O)Cc3cc(C)[nH]c3C)CC2)c1. The number of hydrogen-bond donors (Lipinski definition) is 1. The van der Waals surface area contributed by atoms with Crippen molar-refractivity contribution in [3.05, 3.63) is 58.4 Å². The summed E-state index contributed by atoms with van der Waals surface area (Å²) in [6.45, 7) is 8.34. The third-order valence-electron chi connectivity index (χ3n) is 4.78. The lowest BCUT2D eigenvalue weighted by molar-refractivity contribution is -0.131.